The summed E-state index contributed by atoms with van der Waals surface area (Å²) < 4.78 is 83.4. The van der Waals surface area contributed by atoms with Gasteiger partial charge in [-0.25, -0.2) is 8.42 Å². The van der Waals surface area contributed by atoms with E-state index in [1.165, 1.54) is 0 Å². The standard InChI is InChI=1S/3C2H7NO3S.Na/c3*3-1-2-7(4,5)6;/h3*1-3H2,(H,4,5,6);/q;;;+1/p-1. The Morgan fingerprint density at radius 2 is 0.909 bits per heavy atom. The fraction of sp³-hybridized carbons (Fsp3) is 1.00. The summed E-state index contributed by atoms with van der Waals surface area (Å²) in [6.45, 7) is -0.149. The van der Waals surface area contributed by atoms with Gasteiger partial charge in [0.05, 0.1) is 27.4 Å². The Labute approximate surface area is 152 Å². The molecule has 8 N–H and O–H groups in total. The Balaban J connectivity index is -0.000000108. The van der Waals surface area contributed by atoms with Gasteiger partial charge in [0.2, 0.25) is 0 Å². The minimum atomic E-state index is -4.05. The summed E-state index contributed by atoms with van der Waals surface area (Å²) >= 11 is 0. The Morgan fingerprint density at radius 1 is 0.682 bits per heavy atom. The van der Waals surface area contributed by atoms with Crippen molar-refractivity contribution in [1.29, 1.82) is 0 Å². The zero-order valence-electron chi connectivity index (χ0n) is 12.0. The van der Waals surface area contributed by atoms with Gasteiger partial charge in [0.25, 0.3) is 20.2 Å². The Morgan fingerprint density at radius 3 is 0.909 bits per heavy atom. The topological polar surface area (TPSA) is 244 Å². The molecule has 0 fully saturated rings. The molecule has 0 radical (unpaired) electrons. The van der Waals surface area contributed by atoms with Crippen LogP contribution in [0.4, 0.5) is 0 Å². The van der Waals surface area contributed by atoms with E-state index in [4.69, 9.17) is 26.3 Å². The molecule has 0 spiro atoms. The molecule has 0 unspecified atom stereocenters. The molecule has 0 saturated carbocycles. The zero-order valence-corrected chi connectivity index (χ0v) is 16.4. The van der Waals surface area contributed by atoms with E-state index < -0.39 is 36.1 Å². The van der Waals surface area contributed by atoms with Crippen LogP contribution < -0.4 is 46.8 Å². The maximum absolute atomic E-state index is 9.71. The molecule has 0 bridgehead atoms. The van der Waals surface area contributed by atoms with E-state index in [1.54, 1.807) is 0 Å². The van der Waals surface area contributed by atoms with Gasteiger partial charge in [-0.2, -0.15) is 16.8 Å². The van der Waals surface area contributed by atoms with Crippen LogP contribution in [0, 0.1) is 0 Å². The predicted molar refractivity (Wildman–Crippen MR) is 74.6 cm³/mol. The minimum Gasteiger partial charge on any atom is -0.748 e. The molecule has 0 aliphatic heterocycles. The predicted octanol–water partition coefficient (Wildman–Crippen LogP) is -6.84. The van der Waals surface area contributed by atoms with Crippen LogP contribution in [0.1, 0.15) is 0 Å². The molecule has 12 nitrogen and oxygen atoms in total. The van der Waals surface area contributed by atoms with Gasteiger partial charge in [-0.05, 0) is 0 Å². The average Bonchev–Trinajstić information content (AvgIpc) is 2.12. The molecule has 132 valence electrons. The van der Waals surface area contributed by atoms with Crippen LogP contribution in [0.2, 0.25) is 0 Å². The van der Waals surface area contributed by atoms with Gasteiger partial charge in [0.15, 0.2) is 0 Å². The molecule has 0 aliphatic rings. The van der Waals surface area contributed by atoms with Gasteiger partial charge < -0.3 is 21.8 Å². The van der Waals surface area contributed by atoms with Crippen LogP contribution in [0.3, 0.4) is 0 Å². The maximum Gasteiger partial charge on any atom is 1.00 e. The van der Waals surface area contributed by atoms with Crippen LogP contribution in [0.15, 0.2) is 0 Å². The second-order valence-electron chi connectivity index (χ2n) is 3.20. The molecular weight excluding hydrogens is 377 g/mol. The molecule has 0 atom stereocenters. The van der Waals surface area contributed by atoms with E-state index in [-0.39, 0.29) is 60.7 Å². The van der Waals surface area contributed by atoms with Crippen LogP contribution in [-0.2, 0) is 30.4 Å². The molecule has 0 heterocycles. The normalized spacial score (nSPS) is 11.2. The smallest absolute Gasteiger partial charge is 0.748 e. The summed E-state index contributed by atoms with van der Waals surface area (Å²) in [5, 5.41) is 0. The molecule has 0 rings (SSSR count). The molecule has 16 heteroatoms. The molecule has 0 aromatic rings. The molecule has 0 saturated heterocycles. The maximum atomic E-state index is 9.71. The third kappa shape index (κ3) is 49.8. The van der Waals surface area contributed by atoms with E-state index in [0.717, 1.165) is 0 Å². The van der Waals surface area contributed by atoms with Gasteiger partial charge in [-0.3, -0.25) is 9.11 Å². The number of rotatable bonds is 6. The van der Waals surface area contributed by atoms with Crippen molar-refractivity contribution in [3.8, 4) is 0 Å². The SMILES string of the molecule is NCCS(=O)(=O)O.NCCS(=O)(=O)O.NCCS(=O)(=O)[O-].[Na+]. The molecular formula is C6H20N3NaO9S3. The summed E-state index contributed by atoms with van der Waals surface area (Å²) in [4.78, 5) is 0. The van der Waals surface area contributed by atoms with E-state index >= 15 is 0 Å². The Hall–Kier alpha value is 0.610. The third-order valence-electron chi connectivity index (χ3n) is 1.12. The van der Waals surface area contributed by atoms with Crippen LogP contribution >= 0.6 is 0 Å². The Bertz CT molecular complexity index is 464. The fourth-order valence-electron chi connectivity index (χ4n) is 0.442. The largest absolute Gasteiger partial charge is 1.00 e. The van der Waals surface area contributed by atoms with Crippen molar-refractivity contribution in [2.45, 2.75) is 0 Å². The molecule has 0 aromatic heterocycles. The molecule has 0 amide bonds. The summed E-state index contributed by atoms with van der Waals surface area (Å²) in [5.74, 6) is -1.17. The molecule has 22 heavy (non-hydrogen) atoms. The van der Waals surface area contributed by atoms with Gasteiger partial charge in [-0.15, -0.1) is 0 Å². The van der Waals surface area contributed by atoms with Gasteiger partial charge >= 0.3 is 29.6 Å². The zero-order chi connectivity index (χ0) is 17.7. The van der Waals surface area contributed by atoms with Gasteiger partial charge in [0, 0.05) is 19.6 Å². The second kappa shape index (κ2) is 15.2. The van der Waals surface area contributed by atoms with Crippen molar-refractivity contribution in [1.82, 2.24) is 0 Å². The van der Waals surface area contributed by atoms with Crippen molar-refractivity contribution < 1.29 is 68.5 Å². The summed E-state index contributed by atoms with van der Waals surface area (Å²) in [7, 11) is -11.6. The summed E-state index contributed by atoms with van der Waals surface area (Å²) in [6, 6.07) is 0. The van der Waals surface area contributed by atoms with E-state index in [9.17, 15) is 29.8 Å². The first-order valence-electron chi connectivity index (χ1n) is 5.12. The van der Waals surface area contributed by atoms with Crippen molar-refractivity contribution in [2.75, 3.05) is 36.9 Å². The average molecular weight is 397 g/mol. The molecule has 0 aromatic carbocycles. The van der Waals surface area contributed by atoms with Gasteiger partial charge in [0.1, 0.15) is 0 Å². The summed E-state index contributed by atoms with van der Waals surface area (Å²) in [5.41, 5.74) is 14.3. The van der Waals surface area contributed by atoms with Gasteiger partial charge in [-0.1, -0.05) is 0 Å². The van der Waals surface area contributed by atoms with Crippen molar-refractivity contribution in [3.63, 3.8) is 0 Å². The fourth-order valence-corrected chi connectivity index (χ4v) is 1.33. The van der Waals surface area contributed by atoms with Crippen molar-refractivity contribution in [2.24, 2.45) is 17.2 Å². The Kier molecular flexibility index (Phi) is 21.0. The first kappa shape index (κ1) is 30.5. The van der Waals surface area contributed by atoms with E-state index in [0.29, 0.717) is 0 Å². The quantitative estimate of drug-likeness (QED) is 0.207. The third-order valence-corrected chi connectivity index (χ3v) is 3.36. The number of hydrogen-bond donors (Lipinski definition) is 5. The minimum absolute atomic E-state index is 0. The first-order valence-corrected chi connectivity index (χ1v) is 9.92. The van der Waals surface area contributed by atoms with Crippen LogP contribution in [-0.4, -0.2) is 75.8 Å². The number of hydrogen-bond acceptors (Lipinski definition) is 10. The van der Waals surface area contributed by atoms with Crippen molar-refractivity contribution >= 4 is 30.4 Å². The number of nitrogens with two attached hydrogens (primary N) is 3. The van der Waals surface area contributed by atoms with E-state index in [2.05, 4.69) is 0 Å². The monoisotopic (exact) mass is 397 g/mol. The summed E-state index contributed by atoms with van der Waals surface area (Å²) in [6.07, 6.45) is 0. The first-order chi connectivity index (χ1) is 9.18. The van der Waals surface area contributed by atoms with E-state index in [1.807, 2.05) is 0 Å². The second-order valence-corrected chi connectivity index (χ2v) is 7.87. The van der Waals surface area contributed by atoms with Crippen LogP contribution in [0.25, 0.3) is 0 Å². The van der Waals surface area contributed by atoms with Crippen LogP contribution in [0.5, 0.6) is 0 Å². The molecule has 0 aliphatic carbocycles. The van der Waals surface area contributed by atoms with Crippen molar-refractivity contribution in [3.05, 3.63) is 0 Å².